The van der Waals surface area contributed by atoms with E-state index < -0.39 is 11.5 Å². The van der Waals surface area contributed by atoms with Crippen LogP contribution in [0.3, 0.4) is 0 Å². The Morgan fingerprint density at radius 2 is 1.95 bits per heavy atom. The molecule has 2 atom stereocenters. The predicted octanol–water partition coefficient (Wildman–Crippen LogP) is 0.899. The summed E-state index contributed by atoms with van der Waals surface area (Å²) in [5.41, 5.74) is -0.909. The van der Waals surface area contributed by atoms with Crippen LogP contribution in [0.25, 0.3) is 0 Å². The number of carbonyl (C=O) groups excluding carboxylic acids is 2. The van der Waals surface area contributed by atoms with Gasteiger partial charge in [0, 0.05) is 12.5 Å². The Kier molecular flexibility index (Phi) is 4.01. The molecule has 6 nitrogen and oxygen atoms in total. The van der Waals surface area contributed by atoms with E-state index in [0.717, 1.165) is 25.7 Å². The van der Waals surface area contributed by atoms with Crippen LogP contribution in [0.2, 0.25) is 0 Å². The Bertz CT molecular complexity index is 433. The molecule has 1 heterocycles. The molecule has 20 heavy (non-hydrogen) atoms. The summed E-state index contributed by atoms with van der Waals surface area (Å²) >= 11 is 0. The Morgan fingerprint density at radius 3 is 2.60 bits per heavy atom. The summed E-state index contributed by atoms with van der Waals surface area (Å²) in [5, 5.41) is 11.7. The average molecular weight is 282 g/mol. The first-order valence-corrected chi connectivity index (χ1v) is 7.19. The molecule has 0 aromatic rings. The van der Waals surface area contributed by atoms with Crippen molar-refractivity contribution in [2.45, 2.75) is 70.0 Å². The van der Waals surface area contributed by atoms with Crippen LogP contribution in [0.1, 0.15) is 52.4 Å². The maximum atomic E-state index is 12.4. The fourth-order valence-electron chi connectivity index (χ4n) is 3.29. The average Bonchev–Trinajstić information content (AvgIpc) is 2.37. The second kappa shape index (κ2) is 5.42. The number of carbonyl (C=O) groups is 3. The van der Waals surface area contributed by atoms with Gasteiger partial charge in [-0.3, -0.25) is 14.4 Å². The van der Waals surface area contributed by atoms with Crippen LogP contribution in [0.5, 0.6) is 0 Å². The number of amides is 2. The van der Waals surface area contributed by atoms with Crippen molar-refractivity contribution in [3.63, 3.8) is 0 Å². The Labute approximate surface area is 118 Å². The normalized spacial score (nSPS) is 28.5. The smallest absolute Gasteiger partial charge is 0.303 e. The van der Waals surface area contributed by atoms with Crippen molar-refractivity contribution in [2.24, 2.45) is 0 Å². The standard InChI is InChI=1S/C14H22N2O4/c1-14(2)13(20)15-9-5-3-4-6-10(9)16(14)11(17)7-8-12(18)19/h9-10H,3-8H2,1-2H3,(H,15,20)(H,18,19)/t9-,10-/m0/s1. The van der Waals surface area contributed by atoms with Gasteiger partial charge in [-0.05, 0) is 26.7 Å². The molecule has 2 amide bonds. The van der Waals surface area contributed by atoms with Crippen molar-refractivity contribution in [3.05, 3.63) is 0 Å². The third-order valence-electron chi connectivity index (χ3n) is 4.36. The quantitative estimate of drug-likeness (QED) is 0.805. The predicted molar refractivity (Wildman–Crippen MR) is 72.0 cm³/mol. The molecule has 2 N–H and O–H groups in total. The topological polar surface area (TPSA) is 86.7 Å². The molecule has 0 spiro atoms. The van der Waals surface area contributed by atoms with Gasteiger partial charge in [0.2, 0.25) is 11.8 Å². The zero-order chi connectivity index (χ0) is 14.9. The van der Waals surface area contributed by atoms with Crippen molar-refractivity contribution in [1.29, 1.82) is 0 Å². The molecule has 0 unspecified atom stereocenters. The third kappa shape index (κ3) is 2.64. The van der Waals surface area contributed by atoms with Crippen LogP contribution in [0, 0.1) is 0 Å². The Hall–Kier alpha value is -1.59. The first kappa shape index (κ1) is 14.8. The number of fused-ring (bicyclic) bond motifs is 1. The lowest BCUT2D eigenvalue weighted by Gasteiger charge is -2.52. The minimum absolute atomic E-state index is 0.00209. The second-order valence-electron chi connectivity index (χ2n) is 6.15. The van der Waals surface area contributed by atoms with Gasteiger partial charge in [0.25, 0.3) is 0 Å². The molecule has 2 aliphatic rings. The van der Waals surface area contributed by atoms with Gasteiger partial charge in [-0.25, -0.2) is 0 Å². The van der Waals surface area contributed by atoms with Crippen LogP contribution in [-0.2, 0) is 14.4 Å². The summed E-state index contributed by atoms with van der Waals surface area (Å²) < 4.78 is 0. The van der Waals surface area contributed by atoms with Crippen molar-refractivity contribution in [2.75, 3.05) is 0 Å². The van der Waals surface area contributed by atoms with E-state index in [9.17, 15) is 14.4 Å². The Morgan fingerprint density at radius 1 is 1.30 bits per heavy atom. The number of nitrogens with zero attached hydrogens (tertiary/aromatic N) is 1. The van der Waals surface area contributed by atoms with Crippen molar-refractivity contribution in [1.82, 2.24) is 10.2 Å². The van der Waals surface area contributed by atoms with Gasteiger partial charge >= 0.3 is 5.97 Å². The summed E-state index contributed by atoms with van der Waals surface area (Å²) in [5.74, 6) is -1.37. The molecule has 2 fully saturated rings. The van der Waals surface area contributed by atoms with Crippen LogP contribution in [0.4, 0.5) is 0 Å². The SMILES string of the molecule is CC1(C)C(=O)N[C@H]2CCCC[C@@H]2N1C(=O)CCC(=O)O. The molecule has 0 bridgehead atoms. The number of rotatable bonds is 3. The molecule has 112 valence electrons. The van der Waals surface area contributed by atoms with Crippen molar-refractivity contribution in [3.8, 4) is 0 Å². The number of carboxylic acids is 1. The van der Waals surface area contributed by atoms with Crippen LogP contribution in [-0.4, -0.2) is 45.4 Å². The highest BCUT2D eigenvalue weighted by molar-refractivity contribution is 5.93. The van der Waals surface area contributed by atoms with Gasteiger partial charge in [0.15, 0.2) is 0 Å². The number of piperazine rings is 1. The largest absolute Gasteiger partial charge is 0.481 e. The van der Waals surface area contributed by atoms with E-state index in [1.807, 2.05) is 0 Å². The monoisotopic (exact) mass is 282 g/mol. The molecule has 2 rings (SSSR count). The van der Waals surface area contributed by atoms with Crippen molar-refractivity contribution < 1.29 is 19.5 Å². The van der Waals surface area contributed by atoms with Crippen LogP contribution < -0.4 is 5.32 Å². The molecule has 0 aromatic carbocycles. The molecular weight excluding hydrogens is 260 g/mol. The lowest BCUT2D eigenvalue weighted by atomic mass is 9.82. The van der Waals surface area contributed by atoms with E-state index in [1.54, 1.807) is 18.7 Å². The van der Waals surface area contributed by atoms with Gasteiger partial charge in [0.05, 0.1) is 12.5 Å². The lowest BCUT2D eigenvalue weighted by molar-refractivity contribution is -0.158. The summed E-state index contributed by atoms with van der Waals surface area (Å²) in [6.45, 7) is 3.46. The minimum Gasteiger partial charge on any atom is -0.481 e. The van der Waals surface area contributed by atoms with Crippen LogP contribution in [0.15, 0.2) is 0 Å². The number of nitrogens with one attached hydrogen (secondary N) is 1. The molecule has 1 saturated carbocycles. The zero-order valence-electron chi connectivity index (χ0n) is 12.0. The van der Waals surface area contributed by atoms with E-state index in [4.69, 9.17) is 5.11 Å². The zero-order valence-corrected chi connectivity index (χ0v) is 12.0. The number of hydrogen-bond donors (Lipinski definition) is 2. The van der Waals surface area contributed by atoms with E-state index in [1.165, 1.54) is 0 Å². The summed E-state index contributed by atoms with van der Waals surface area (Å²) in [4.78, 5) is 36.9. The van der Waals surface area contributed by atoms with Gasteiger partial charge in [-0.15, -0.1) is 0 Å². The molecule has 0 radical (unpaired) electrons. The molecular formula is C14H22N2O4. The van der Waals surface area contributed by atoms with Gasteiger partial charge in [-0.1, -0.05) is 12.8 Å². The fourth-order valence-corrected chi connectivity index (χ4v) is 3.29. The molecule has 6 heteroatoms. The number of aliphatic carboxylic acids is 1. The number of carboxylic acid groups (broad SMARTS) is 1. The summed E-state index contributed by atoms with van der Waals surface area (Å²) in [6.07, 6.45) is 3.61. The first-order chi connectivity index (χ1) is 9.34. The summed E-state index contributed by atoms with van der Waals surface area (Å²) in [7, 11) is 0. The van der Waals surface area contributed by atoms with Crippen LogP contribution >= 0.6 is 0 Å². The summed E-state index contributed by atoms with van der Waals surface area (Å²) in [6, 6.07) is 0.01000. The lowest BCUT2D eigenvalue weighted by Crippen LogP contribution is -2.72. The highest BCUT2D eigenvalue weighted by Gasteiger charge is 2.49. The first-order valence-electron chi connectivity index (χ1n) is 7.19. The molecule has 1 aliphatic heterocycles. The molecule has 1 saturated heterocycles. The van der Waals surface area contributed by atoms with E-state index >= 15 is 0 Å². The van der Waals surface area contributed by atoms with Crippen molar-refractivity contribution >= 4 is 17.8 Å². The van der Waals surface area contributed by atoms with Gasteiger partial charge < -0.3 is 15.3 Å². The maximum Gasteiger partial charge on any atom is 0.303 e. The third-order valence-corrected chi connectivity index (χ3v) is 4.36. The van der Waals surface area contributed by atoms with Gasteiger partial charge in [-0.2, -0.15) is 0 Å². The van der Waals surface area contributed by atoms with E-state index in [2.05, 4.69) is 5.32 Å². The maximum absolute atomic E-state index is 12.4. The Balaban J connectivity index is 2.21. The highest BCUT2D eigenvalue weighted by Crippen LogP contribution is 2.33. The highest BCUT2D eigenvalue weighted by atomic mass is 16.4. The minimum atomic E-state index is -0.988. The van der Waals surface area contributed by atoms with Gasteiger partial charge in [0.1, 0.15) is 5.54 Å². The molecule has 1 aliphatic carbocycles. The number of hydrogen-bond acceptors (Lipinski definition) is 3. The van der Waals surface area contributed by atoms with E-state index in [0.29, 0.717) is 0 Å². The van der Waals surface area contributed by atoms with E-state index in [-0.39, 0.29) is 36.7 Å². The molecule has 0 aromatic heterocycles. The second-order valence-corrected chi connectivity index (χ2v) is 6.15. The fraction of sp³-hybridized carbons (Fsp3) is 0.786.